The van der Waals surface area contributed by atoms with E-state index in [0.717, 1.165) is 18.4 Å². The Morgan fingerprint density at radius 2 is 2.13 bits per heavy atom. The van der Waals surface area contributed by atoms with Crippen LogP contribution in [-0.2, 0) is 16.0 Å². The van der Waals surface area contributed by atoms with Crippen LogP contribution >= 0.6 is 0 Å². The summed E-state index contributed by atoms with van der Waals surface area (Å²) in [6.07, 6.45) is 3.45. The second-order valence-electron chi connectivity index (χ2n) is 3.80. The number of carbonyl (C=O) groups is 1. The molecule has 15 heavy (non-hydrogen) atoms. The molecular weight excluding hydrogens is 188 g/mol. The summed E-state index contributed by atoms with van der Waals surface area (Å²) in [5, 5.41) is 0. The molecule has 1 aliphatic heterocycles. The molecule has 1 aromatic carbocycles. The Balaban J connectivity index is 2.04. The lowest BCUT2D eigenvalue weighted by molar-refractivity contribution is -0.141. The van der Waals surface area contributed by atoms with E-state index < -0.39 is 0 Å². The molecule has 1 heterocycles. The Bertz CT molecular complexity index is 365. The van der Waals surface area contributed by atoms with Crippen molar-refractivity contribution in [1.82, 2.24) is 0 Å². The van der Waals surface area contributed by atoms with Crippen LogP contribution in [0.25, 0.3) is 6.08 Å². The molecular formula is C13H14O2. The van der Waals surface area contributed by atoms with Gasteiger partial charge in [-0.1, -0.05) is 36.9 Å². The molecule has 1 fully saturated rings. The summed E-state index contributed by atoms with van der Waals surface area (Å²) in [7, 11) is 0. The van der Waals surface area contributed by atoms with Crippen molar-refractivity contribution < 1.29 is 9.53 Å². The predicted octanol–water partition coefficient (Wildman–Crippen LogP) is 2.44. The van der Waals surface area contributed by atoms with Gasteiger partial charge in [-0.2, -0.15) is 0 Å². The number of carbonyl (C=O) groups excluding carboxylic acids is 1. The summed E-state index contributed by atoms with van der Waals surface area (Å²) in [6.45, 7) is 4.28. The van der Waals surface area contributed by atoms with Gasteiger partial charge in [-0.15, -0.1) is 0 Å². The lowest BCUT2D eigenvalue weighted by Gasteiger charge is -2.05. The van der Waals surface area contributed by atoms with Crippen molar-refractivity contribution in [2.45, 2.75) is 12.8 Å². The fourth-order valence-corrected chi connectivity index (χ4v) is 1.80. The minimum absolute atomic E-state index is 0.0530. The summed E-state index contributed by atoms with van der Waals surface area (Å²) in [6, 6.07) is 8.12. The number of ether oxygens (including phenoxy) is 1. The Labute approximate surface area is 89.6 Å². The third-order valence-electron chi connectivity index (χ3n) is 2.74. The van der Waals surface area contributed by atoms with Crippen molar-refractivity contribution in [3.63, 3.8) is 0 Å². The van der Waals surface area contributed by atoms with Gasteiger partial charge in [0.05, 0.1) is 12.5 Å². The molecule has 1 unspecified atom stereocenters. The Morgan fingerprint density at radius 1 is 1.40 bits per heavy atom. The average molecular weight is 202 g/mol. The van der Waals surface area contributed by atoms with E-state index in [9.17, 15) is 4.79 Å². The second kappa shape index (κ2) is 4.30. The molecule has 78 valence electrons. The molecule has 0 spiro atoms. The smallest absolute Gasteiger partial charge is 0.309 e. The van der Waals surface area contributed by atoms with Crippen LogP contribution < -0.4 is 0 Å². The van der Waals surface area contributed by atoms with Gasteiger partial charge in [0.25, 0.3) is 0 Å². The van der Waals surface area contributed by atoms with Crippen molar-refractivity contribution in [2.75, 3.05) is 6.61 Å². The Hall–Kier alpha value is -1.57. The first-order valence-electron chi connectivity index (χ1n) is 5.17. The number of rotatable bonds is 3. The highest BCUT2D eigenvalue weighted by molar-refractivity contribution is 5.74. The van der Waals surface area contributed by atoms with Gasteiger partial charge in [0.2, 0.25) is 0 Å². The fourth-order valence-electron chi connectivity index (χ4n) is 1.80. The molecule has 2 nitrogen and oxygen atoms in total. The maximum absolute atomic E-state index is 11.3. The van der Waals surface area contributed by atoms with Crippen LogP contribution in [0.4, 0.5) is 0 Å². The first-order valence-corrected chi connectivity index (χ1v) is 5.17. The minimum Gasteiger partial charge on any atom is -0.465 e. The van der Waals surface area contributed by atoms with E-state index in [1.165, 1.54) is 5.56 Å². The summed E-state index contributed by atoms with van der Waals surface area (Å²) < 4.78 is 4.93. The molecule has 0 bridgehead atoms. The number of cyclic esters (lactones) is 1. The number of benzene rings is 1. The molecule has 0 N–H and O–H groups in total. The quantitative estimate of drug-likeness (QED) is 0.704. The standard InChI is InChI=1S/C13H14O2/c1-2-10-3-5-11(6-4-10)9-12-7-8-15-13(12)14/h2-6,12H,1,7-9H2. The zero-order chi connectivity index (χ0) is 10.7. The normalized spacial score (nSPS) is 20.0. The fraction of sp³-hybridized carbons (Fsp3) is 0.308. The van der Waals surface area contributed by atoms with Crippen molar-refractivity contribution in [2.24, 2.45) is 5.92 Å². The molecule has 1 aromatic rings. The first kappa shape index (κ1) is 9.97. The van der Waals surface area contributed by atoms with Crippen LogP contribution in [-0.4, -0.2) is 12.6 Å². The van der Waals surface area contributed by atoms with Gasteiger partial charge in [0, 0.05) is 0 Å². The molecule has 2 heteroatoms. The summed E-state index contributed by atoms with van der Waals surface area (Å²) >= 11 is 0. The van der Waals surface area contributed by atoms with Crippen LogP contribution in [0.15, 0.2) is 30.8 Å². The van der Waals surface area contributed by atoms with Crippen LogP contribution in [0.3, 0.4) is 0 Å². The van der Waals surface area contributed by atoms with Gasteiger partial charge in [-0.05, 0) is 24.0 Å². The Kier molecular flexibility index (Phi) is 2.86. The molecule has 0 aliphatic carbocycles. The average Bonchev–Trinajstić information content (AvgIpc) is 2.66. The second-order valence-corrected chi connectivity index (χ2v) is 3.80. The highest BCUT2D eigenvalue weighted by Crippen LogP contribution is 2.20. The minimum atomic E-state index is -0.0530. The van der Waals surface area contributed by atoms with E-state index in [0.29, 0.717) is 6.61 Å². The molecule has 0 aromatic heterocycles. The molecule has 1 aliphatic rings. The highest BCUT2D eigenvalue weighted by Gasteiger charge is 2.26. The summed E-state index contributed by atoms with van der Waals surface area (Å²) in [4.78, 5) is 11.3. The molecule has 0 saturated carbocycles. The lowest BCUT2D eigenvalue weighted by atomic mass is 9.97. The van der Waals surface area contributed by atoms with Crippen molar-refractivity contribution in [1.29, 1.82) is 0 Å². The first-order chi connectivity index (χ1) is 7.29. The monoisotopic (exact) mass is 202 g/mol. The third kappa shape index (κ3) is 2.27. The Morgan fingerprint density at radius 3 is 2.67 bits per heavy atom. The zero-order valence-electron chi connectivity index (χ0n) is 8.61. The van der Waals surface area contributed by atoms with Gasteiger partial charge < -0.3 is 4.74 Å². The maximum atomic E-state index is 11.3. The zero-order valence-corrected chi connectivity index (χ0v) is 8.61. The van der Waals surface area contributed by atoms with E-state index in [2.05, 4.69) is 6.58 Å². The highest BCUT2D eigenvalue weighted by atomic mass is 16.5. The van der Waals surface area contributed by atoms with Crippen molar-refractivity contribution in [3.05, 3.63) is 42.0 Å². The third-order valence-corrected chi connectivity index (χ3v) is 2.74. The molecule has 2 rings (SSSR count). The lowest BCUT2D eigenvalue weighted by Crippen LogP contribution is -2.10. The van der Waals surface area contributed by atoms with Crippen LogP contribution in [0.2, 0.25) is 0 Å². The largest absolute Gasteiger partial charge is 0.465 e. The van der Waals surface area contributed by atoms with Gasteiger partial charge >= 0.3 is 5.97 Å². The number of esters is 1. The van der Waals surface area contributed by atoms with Gasteiger partial charge in [0.1, 0.15) is 0 Å². The molecule has 0 amide bonds. The van der Waals surface area contributed by atoms with E-state index in [4.69, 9.17) is 4.74 Å². The topological polar surface area (TPSA) is 26.3 Å². The molecule has 0 radical (unpaired) electrons. The summed E-state index contributed by atoms with van der Waals surface area (Å²) in [5.41, 5.74) is 2.29. The van der Waals surface area contributed by atoms with Gasteiger partial charge in [-0.25, -0.2) is 0 Å². The van der Waals surface area contributed by atoms with Gasteiger partial charge in [0.15, 0.2) is 0 Å². The summed E-state index contributed by atoms with van der Waals surface area (Å²) in [5.74, 6) is 0.00220. The molecule has 1 saturated heterocycles. The maximum Gasteiger partial charge on any atom is 0.309 e. The number of hydrogen-bond acceptors (Lipinski definition) is 2. The van der Waals surface area contributed by atoms with Crippen LogP contribution in [0.5, 0.6) is 0 Å². The van der Waals surface area contributed by atoms with Gasteiger partial charge in [-0.3, -0.25) is 4.79 Å². The van der Waals surface area contributed by atoms with E-state index >= 15 is 0 Å². The molecule has 1 atom stereocenters. The number of hydrogen-bond donors (Lipinski definition) is 0. The van der Waals surface area contributed by atoms with Crippen molar-refractivity contribution >= 4 is 12.0 Å². The van der Waals surface area contributed by atoms with Crippen LogP contribution in [0, 0.1) is 5.92 Å². The van der Waals surface area contributed by atoms with Crippen LogP contribution in [0.1, 0.15) is 17.5 Å². The SMILES string of the molecule is C=Cc1ccc(CC2CCOC2=O)cc1. The van der Waals surface area contributed by atoms with Crippen molar-refractivity contribution in [3.8, 4) is 0 Å². The van der Waals surface area contributed by atoms with E-state index in [1.807, 2.05) is 30.3 Å². The van der Waals surface area contributed by atoms with E-state index in [-0.39, 0.29) is 11.9 Å². The predicted molar refractivity (Wildman–Crippen MR) is 59.3 cm³/mol. The van der Waals surface area contributed by atoms with E-state index in [1.54, 1.807) is 0 Å².